The van der Waals surface area contributed by atoms with Crippen LogP contribution in [0.5, 0.6) is 0 Å². The van der Waals surface area contributed by atoms with Crippen LogP contribution in [0.1, 0.15) is 15.9 Å². The minimum absolute atomic E-state index is 0.0156. The van der Waals surface area contributed by atoms with Gasteiger partial charge in [-0.05, 0) is 36.2 Å². The molecule has 1 aromatic carbocycles. The molecule has 4 rings (SSSR count). The molecule has 1 fully saturated rings. The van der Waals surface area contributed by atoms with E-state index in [0.717, 1.165) is 17.3 Å². The van der Waals surface area contributed by atoms with Gasteiger partial charge in [-0.3, -0.25) is 9.78 Å². The molecule has 3 heterocycles. The average molecular weight is 348 g/mol. The van der Waals surface area contributed by atoms with Gasteiger partial charge in [0.2, 0.25) is 0 Å². The Balaban J connectivity index is 1.49. The molecule has 0 aliphatic carbocycles. The molecule has 3 aromatic rings. The average Bonchev–Trinajstić information content (AvgIpc) is 2.93. The second kappa shape index (κ2) is 7.58. The summed E-state index contributed by atoms with van der Waals surface area (Å²) < 4.78 is 5.75. The summed E-state index contributed by atoms with van der Waals surface area (Å²) in [5.41, 5.74) is 2.80. The number of aromatic nitrogens is 3. The van der Waals surface area contributed by atoms with Crippen molar-refractivity contribution in [1.82, 2.24) is 20.1 Å². The zero-order valence-electron chi connectivity index (χ0n) is 14.4. The highest BCUT2D eigenvalue weighted by atomic mass is 16.5. The van der Waals surface area contributed by atoms with Crippen LogP contribution < -0.4 is 0 Å². The lowest BCUT2D eigenvalue weighted by molar-refractivity contribution is 0.0736. The van der Waals surface area contributed by atoms with E-state index in [9.17, 15) is 4.79 Å². The minimum atomic E-state index is -0.0156. The van der Waals surface area contributed by atoms with E-state index in [1.54, 1.807) is 18.5 Å². The van der Waals surface area contributed by atoms with Crippen LogP contribution in [0.15, 0.2) is 55.0 Å². The monoisotopic (exact) mass is 348 g/mol. The van der Waals surface area contributed by atoms with Gasteiger partial charge in [-0.2, -0.15) is 10.2 Å². The van der Waals surface area contributed by atoms with Gasteiger partial charge >= 0.3 is 0 Å². The Bertz CT molecular complexity index is 900. The number of amides is 1. The lowest BCUT2D eigenvalue weighted by Gasteiger charge is -2.23. The topological polar surface area (TPSA) is 68.2 Å². The van der Waals surface area contributed by atoms with Crippen molar-refractivity contribution >= 4 is 16.8 Å². The summed E-state index contributed by atoms with van der Waals surface area (Å²) in [6, 6.07) is 12.1. The second-order valence-corrected chi connectivity index (χ2v) is 6.56. The fraction of sp³-hybridized carbons (Fsp3) is 0.300. The number of carbonyl (C=O) groups is 1. The molecule has 0 spiro atoms. The van der Waals surface area contributed by atoms with Crippen LogP contribution in [0, 0.1) is 5.92 Å². The number of fused-ring (bicyclic) bond motifs is 1. The molecule has 1 atom stereocenters. The third-order valence-corrected chi connectivity index (χ3v) is 4.65. The van der Waals surface area contributed by atoms with Gasteiger partial charge in [0, 0.05) is 30.6 Å². The third kappa shape index (κ3) is 3.70. The summed E-state index contributed by atoms with van der Waals surface area (Å²) in [4.78, 5) is 18.9. The number of benzene rings is 1. The molecule has 0 bridgehead atoms. The van der Waals surface area contributed by atoms with Crippen molar-refractivity contribution < 1.29 is 9.53 Å². The maximum atomic E-state index is 12.7. The van der Waals surface area contributed by atoms with E-state index in [1.165, 1.54) is 11.8 Å². The van der Waals surface area contributed by atoms with Crippen LogP contribution in [0.4, 0.5) is 0 Å². The molecular formula is C20H20N4O2. The normalized spacial score (nSPS) is 17.8. The second-order valence-electron chi connectivity index (χ2n) is 6.56. The molecule has 1 unspecified atom stereocenters. The summed E-state index contributed by atoms with van der Waals surface area (Å²) in [5, 5.41) is 8.68. The number of pyridine rings is 1. The lowest BCUT2D eigenvalue weighted by Crippen LogP contribution is -2.36. The quantitative estimate of drug-likeness (QED) is 0.727. The SMILES string of the molecule is O=C(c1ccnnc1)N1CCOCC(Cc2ccc3ncccc3c2)C1. The van der Waals surface area contributed by atoms with E-state index < -0.39 is 0 Å². The van der Waals surface area contributed by atoms with Gasteiger partial charge in [0.25, 0.3) is 5.91 Å². The van der Waals surface area contributed by atoms with Crippen LogP contribution in [0.2, 0.25) is 0 Å². The molecule has 132 valence electrons. The van der Waals surface area contributed by atoms with Crippen molar-refractivity contribution in [3.05, 3.63) is 66.1 Å². The van der Waals surface area contributed by atoms with Crippen molar-refractivity contribution in [3.8, 4) is 0 Å². The Morgan fingerprint density at radius 1 is 1.19 bits per heavy atom. The molecule has 0 saturated carbocycles. The molecule has 0 radical (unpaired) electrons. The number of rotatable bonds is 3. The van der Waals surface area contributed by atoms with Crippen molar-refractivity contribution in [2.45, 2.75) is 6.42 Å². The first-order valence-corrected chi connectivity index (χ1v) is 8.77. The number of hydrogen-bond acceptors (Lipinski definition) is 5. The van der Waals surface area contributed by atoms with Gasteiger partial charge in [0.05, 0.1) is 36.7 Å². The molecule has 1 aliphatic rings. The summed E-state index contributed by atoms with van der Waals surface area (Å²) >= 11 is 0. The van der Waals surface area contributed by atoms with Gasteiger partial charge in [-0.25, -0.2) is 0 Å². The molecular weight excluding hydrogens is 328 g/mol. The van der Waals surface area contributed by atoms with Gasteiger partial charge in [-0.1, -0.05) is 12.1 Å². The van der Waals surface area contributed by atoms with Crippen LogP contribution in [-0.4, -0.2) is 52.3 Å². The van der Waals surface area contributed by atoms with Gasteiger partial charge in [-0.15, -0.1) is 0 Å². The Hall–Kier alpha value is -2.86. The van der Waals surface area contributed by atoms with Gasteiger partial charge in [0.15, 0.2) is 0 Å². The largest absolute Gasteiger partial charge is 0.379 e. The fourth-order valence-electron chi connectivity index (χ4n) is 3.37. The van der Waals surface area contributed by atoms with E-state index in [1.807, 2.05) is 17.0 Å². The van der Waals surface area contributed by atoms with E-state index in [0.29, 0.717) is 31.9 Å². The molecule has 26 heavy (non-hydrogen) atoms. The zero-order valence-corrected chi connectivity index (χ0v) is 14.4. The van der Waals surface area contributed by atoms with Crippen molar-refractivity contribution in [3.63, 3.8) is 0 Å². The van der Waals surface area contributed by atoms with Gasteiger partial charge in [0.1, 0.15) is 0 Å². The Kier molecular flexibility index (Phi) is 4.84. The lowest BCUT2D eigenvalue weighted by atomic mass is 9.98. The molecule has 0 N–H and O–H groups in total. The summed E-state index contributed by atoms with van der Waals surface area (Å²) in [7, 11) is 0. The molecule has 1 saturated heterocycles. The first-order valence-electron chi connectivity index (χ1n) is 8.77. The van der Waals surface area contributed by atoms with E-state index in [4.69, 9.17) is 4.74 Å². The summed E-state index contributed by atoms with van der Waals surface area (Å²) in [6.45, 7) is 2.48. The third-order valence-electron chi connectivity index (χ3n) is 4.65. The Morgan fingerprint density at radius 3 is 3.04 bits per heavy atom. The standard InChI is InChI=1S/C20H20N4O2/c25-20(18-5-7-22-23-12-18)24-8-9-26-14-16(13-24)10-15-3-4-19-17(11-15)2-1-6-21-19/h1-7,11-12,16H,8-10,13-14H2. The van der Waals surface area contributed by atoms with Crippen LogP contribution in [0.3, 0.4) is 0 Å². The van der Waals surface area contributed by atoms with E-state index in [2.05, 4.69) is 33.4 Å². The highest BCUT2D eigenvalue weighted by Crippen LogP contribution is 2.19. The minimum Gasteiger partial charge on any atom is -0.379 e. The maximum Gasteiger partial charge on any atom is 0.255 e. The first kappa shape index (κ1) is 16.6. The van der Waals surface area contributed by atoms with Crippen LogP contribution in [0.25, 0.3) is 10.9 Å². The van der Waals surface area contributed by atoms with Crippen molar-refractivity contribution in [1.29, 1.82) is 0 Å². The molecule has 2 aromatic heterocycles. The van der Waals surface area contributed by atoms with Crippen LogP contribution in [-0.2, 0) is 11.2 Å². The molecule has 6 nitrogen and oxygen atoms in total. The summed E-state index contributed by atoms with van der Waals surface area (Å²) in [5.74, 6) is 0.239. The van der Waals surface area contributed by atoms with Gasteiger partial charge < -0.3 is 9.64 Å². The predicted octanol–water partition coefficient (Wildman–Crippen LogP) is 2.36. The zero-order chi connectivity index (χ0) is 17.8. The predicted molar refractivity (Wildman–Crippen MR) is 97.7 cm³/mol. The number of carbonyl (C=O) groups excluding carboxylic acids is 1. The smallest absolute Gasteiger partial charge is 0.255 e. The van der Waals surface area contributed by atoms with E-state index in [-0.39, 0.29) is 11.8 Å². The number of hydrogen-bond donors (Lipinski definition) is 0. The summed E-state index contributed by atoms with van der Waals surface area (Å²) in [6.07, 6.45) is 5.73. The van der Waals surface area contributed by atoms with Crippen LogP contribution >= 0.6 is 0 Å². The fourth-order valence-corrected chi connectivity index (χ4v) is 3.37. The molecule has 6 heteroatoms. The van der Waals surface area contributed by atoms with Crippen molar-refractivity contribution in [2.24, 2.45) is 5.92 Å². The van der Waals surface area contributed by atoms with Crippen molar-refractivity contribution in [2.75, 3.05) is 26.3 Å². The number of nitrogens with zero attached hydrogens (tertiary/aromatic N) is 4. The molecule has 1 amide bonds. The number of ether oxygens (including phenoxy) is 1. The highest BCUT2D eigenvalue weighted by Gasteiger charge is 2.24. The highest BCUT2D eigenvalue weighted by molar-refractivity contribution is 5.93. The van der Waals surface area contributed by atoms with E-state index >= 15 is 0 Å². The Labute approximate surface area is 151 Å². The first-order chi connectivity index (χ1) is 12.8. The Morgan fingerprint density at radius 2 is 2.15 bits per heavy atom. The molecule has 1 aliphatic heterocycles. The maximum absolute atomic E-state index is 12.7.